The number of likely N-dealkylation sites (tertiary alicyclic amines) is 1. The highest BCUT2D eigenvalue weighted by molar-refractivity contribution is 5.79. The van der Waals surface area contributed by atoms with Crippen molar-refractivity contribution in [2.75, 3.05) is 26.2 Å². The van der Waals surface area contributed by atoms with Crippen LogP contribution in [-0.4, -0.2) is 43.2 Å². The monoisotopic (exact) mass is 240 g/mol. The van der Waals surface area contributed by atoms with Crippen LogP contribution in [-0.2, 0) is 9.53 Å². The Bertz CT molecular complexity index is 268. The first-order valence-electron chi connectivity index (χ1n) is 6.83. The lowest BCUT2D eigenvalue weighted by Crippen LogP contribution is -2.44. The first-order valence-corrected chi connectivity index (χ1v) is 6.83. The van der Waals surface area contributed by atoms with Gasteiger partial charge in [-0.3, -0.25) is 4.79 Å². The highest BCUT2D eigenvalue weighted by Gasteiger charge is 2.35. The molecular formula is C13H24N2O2. The minimum absolute atomic E-state index is 0.0895. The van der Waals surface area contributed by atoms with Crippen LogP contribution in [0.5, 0.6) is 0 Å². The number of carbonyl (C=O) groups is 1. The number of nitrogens with two attached hydrogens (primary N) is 1. The highest BCUT2D eigenvalue weighted by Crippen LogP contribution is 2.26. The van der Waals surface area contributed by atoms with Crippen LogP contribution in [0.15, 0.2) is 0 Å². The molecule has 3 atom stereocenters. The zero-order chi connectivity index (χ0) is 12.3. The molecule has 2 heterocycles. The van der Waals surface area contributed by atoms with Crippen LogP contribution in [0.2, 0.25) is 0 Å². The fourth-order valence-electron chi connectivity index (χ4n) is 3.03. The van der Waals surface area contributed by atoms with E-state index >= 15 is 0 Å². The van der Waals surface area contributed by atoms with Gasteiger partial charge in [-0.05, 0) is 45.1 Å². The van der Waals surface area contributed by atoms with Gasteiger partial charge >= 0.3 is 0 Å². The summed E-state index contributed by atoms with van der Waals surface area (Å²) in [6, 6.07) is 0. The molecule has 17 heavy (non-hydrogen) atoms. The van der Waals surface area contributed by atoms with Crippen molar-refractivity contribution >= 4 is 5.91 Å². The van der Waals surface area contributed by atoms with Gasteiger partial charge in [-0.1, -0.05) is 0 Å². The van der Waals surface area contributed by atoms with Crippen LogP contribution in [0.25, 0.3) is 0 Å². The summed E-state index contributed by atoms with van der Waals surface area (Å²) in [4.78, 5) is 14.4. The van der Waals surface area contributed by atoms with E-state index in [2.05, 4.69) is 0 Å². The van der Waals surface area contributed by atoms with E-state index in [1.807, 2.05) is 11.8 Å². The third-order valence-electron chi connectivity index (χ3n) is 4.10. The van der Waals surface area contributed by atoms with Crippen molar-refractivity contribution in [1.82, 2.24) is 4.90 Å². The van der Waals surface area contributed by atoms with E-state index in [1.165, 1.54) is 6.42 Å². The van der Waals surface area contributed by atoms with Gasteiger partial charge in [0, 0.05) is 19.7 Å². The average molecular weight is 240 g/mol. The van der Waals surface area contributed by atoms with Gasteiger partial charge in [-0.15, -0.1) is 0 Å². The van der Waals surface area contributed by atoms with Gasteiger partial charge in [-0.2, -0.15) is 0 Å². The normalized spacial score (nSPS) is 34.0. The molecule has 0 aromatic rings. The Morgan fingerprint density at radius 2 is 2.29 bits per heavy atom. The predicted octanol–water partition coefficient (Wildman–Crippen LogP) is 0.999. The Balaban J connectivity index is 1.90. The fraction of sp³-hybridized carbons (Fsp3) is 0.923. The second-order valence-electron chi connectivity index (χ2n) is 5.34. The quantitative estimate of drug-likeness (QED) is 0.800. The Kier molecular flexibility index (Phi) is 4.40. The molecule has 1 amide bonds. The molecule has 0 aromatic carbocycles. The Labute approximate surface area is 103 Å². The van der Waals surface area contributed by atoms with Crippen molar-refractivity contribution in [2.24, 2.45) is 17.6 Å². The second kappa shape index (κ2) is 5.83. The van der Waals surface area contributed by atoms with Crippen LogP contribution in [0.4, 0.5) is 0 Å². The Morgan fingerprint density at radius 1 is 1.47 bits per heavy atom. The summed E-state index contributed by atoms with van der Waals surface area (Å²) >= 11 is 0. The van der Waals surface area contributed by atoms with Crippen molar-refractivity contribution < 1.29 is 9.53 Å². The summed E-state index contributed by atoms with van der Waals surface area (Å²) in [7, 11) is 0. The lowest BCUT2D eigenvalue weighted by atomic mass is 9.92. The maximum absolute atomic E-state index is 12.4. The molecule has 0 bridgehead atoms. The topological polar surface area (TPSA) is 55.6 Å². The van der Waals surface area contributed by atoms with Gasteiger partial charge in [-0.25, -0.2) is 0 Å². The van der Waals surface area contributed by atoms with Crippen LogP contribution in [0.1, 0.15) is 32.6 Å². The molecule has 4 nitrogen and oxygen atoms in total. The lowest BCUT2D eigenvalue weighted by molar-refractivity contribution is -0.138. The molecule has 2 N–H and O–H groups in total. The first kappa shape index (κ1) is 12.8. The number of ether oxygens (including phenoxy) is 1. The van der Waals surface area contributed by atoms with Crippen molar-refractivity contribution in [3.63, 3.8) is 0 Å². The zero-order valence-corrected chi connectivity index (χ0v) is 10.7. The molecule has 2 rings (SSSR count). The molecule has 98 valence electrons. The van der Waals surface area contributed by atoms with E-state index in [9.17, 15) is 4.79 Å². The van der Waals surface area contributed by atoms with Crippen molar-refractivity contribution in [1.29, 1.82) is 0 Å². The molecule has 0 aromatic heterocycles. The van der Waals surface area contributed by atoms with Crippen molar-refractivity contribution in [2.45, 2.75) is 38.7 Å². The Morgan fingerprint density at radius 3 is 2.94 bits per heavy atom. The van der Waals surface area contributed by atoms with Crippen molar-refractivity contribution in [3.05, 3.63) is 0 Å². The highest BCUT2D eigenvalue weighted by atomic mass is 16.5. The number of nitrogens with zero attached hydrogens (tertiary/aromatic N) is 1. The zero-order valence-electron chi connectivity index (χ0n) is 10.7. The maximum atomic E-state index is 12.4. The molecule has 0 saturated carbocycles. The SMILES string of the molecule is CC1OCCC1C(=O)N1CCCC(CCN)C1. The van der Waals surface area contributed by atoms with Crippen LogP contribution in [0, 0.1) is 11.8 Å². The molecule has 2 saturated heterocycles. The molecule has 2 fully saturated rings. The number of hydrogen-bond donors (Lipinski definition) is 1. The largest absolute Gasteiger partial charge is 0.378 e. The summed E-state index contributed by atoms with van der Waals surface area (Å²) < 4.78 is 5.48. The lowest BCUT2D eigenvalue weighted by Gasteiger charge is -2.34. The van der Waals surface area contributed by atoms with Crippen LogP contribution in [0.3, 0.4) is 0 Å². The summed E-state index contributed by atoms with van der Waals surface area (Å²) in [5.41, 5.74) is 5.60. The molecule has 0 spiro atoms. The number of amides is 1. The van der Waals surface area contributed by atoms with Gasteiger partial charge in [0.05, 0.1) is 12.0 Å². The number of hydrogen-bond acceptors (Lipinski definition) is 3. The molecule has 4 heteroatoms. The summed E-state index contributed by atoms with van der Waals surface area (Å²) in [5, 5.41) is 0. The van der Waals surface area contributed by atoms with Gasteiger partial charge in [0.2, 0.25) is 5.91 Å². The summed E-state index contributed by atoms with van der Waals surface area (Å²) in [5.74, 6) is 0.999. The van der Waals surface area contributed by atoms with Gasteiger partial charge < -0.3 is 15.4 Å². The van der Waals surface area contributed by atoms with Gasteiger partial charge in [0.25, 0.3) is 0 Å². The molecule has 2 aliphatic rings. The summed E-state index contributed by atoms with van der Waals surface area (Å²) in [6.07, 6.45) is 4.37. The minimum Gasteiger partial charge on any atom is -0.378 e. The van der Waals surface area contributed by atoms with Gasteiger partial charge in [0.1, 0.15) is 0 Å². The average Bonchev–Trinajstić information content (AvgIpc) is 2.75. The standard InChI is InChI=1S/C13H24N2O2/c1-10-12(5-8-17-10)13(16)15-7-2-3-11(9-15)4-6-14/h10-12H,2-9,14H2,1H3. The molecule has 3 unspecified atom stereocenters. The van der Waals surface area contributed by atoms with E-state index in [-0.39, 0.29) is 12.0 Å². The molecule has 0 radical (unpaired) electrons. The molecule has 2 aliphatic heterocycles. The first-order chi connectivity index (χ1) is 8.22. The smallest absolute Gasteiger partial charge is 0.228 e. The minimum atomic E-state index is 0.0895. The number of piperidine rings is 1. The third-order valence-corrected chi connectivity index (χ3v) is 4.10. The van der Waals surface area contributed by atoms with Crippen LogP contribution < -0.4 is 5.73 Å². The predicted molar refractivity (Wildman–Crippen MR) is 66.5 cm³/mol. The van der Waals surface area contributed by atoms with Gasteiger partial charge in [0.15, 0.2) is 0 Å². The summed E-state index contributed by atoms with van der Waals surface area (Å²) in [6.45, 7) is 5.30. The van der Waals surface area contributed by atoms with Crippen molar-refractivity contribution in [3.8, 4) is 0 Å². The third kappa shape index (κ3) is 2.99. The number of carbonyl (C=O) groups excluding carboxylic acids is 1. The maximum Gasteiger partial charge on any atom is 0.228 e. The van der Waals surface area contributed by atoms with E-state index < -0.39 is 0 Å². The number of rotatable bonds is 3. The van der Waals surface area contributed by atoms with E-state index in [1.54, 1.807) is 0 Å². The molecular weight excluding hydrogens is 216 g/mol. The van der Waals surface area contributed by atoms with Crippen LogP contribution >= 0.6 is 0 Å². The van der Waals surface area contributed by atoms with E-state index in [0.29, 0.717) is 11.8 Å². The second-order valence-corrected chi connectivity index (χ2v) is 5.34. The van der Waals surface area contributed by atoms with E-state index in [0.717, 1.165) is 45.5 Å². The van der Waals surface area contributed by atoms with E-state index in [4.69, 9.17) is 10.5 Å². The fourth-order valence-corrected chi connectivity index (χ4v) is 3.03. The Hall–Kier alpha value is -0.610. The molecule has 0 aliphatic carbocycles.